The molecule has 1 aliphatic carbocycles. The first-order chi connectivity index (χ1) is 19.8. The van der Waals surface area contributed by atoms with E-state index in [0.29, 0.717) is 72.6 Å². The van der Waals surface area contributed by atoms with E-state index < -0.39 is 5.43 Å². The van der Waals surface area contributed by atoms with Gasteiger partial charge in [-0.3, -0.25) is 9.59 Å². The summed E-state index contributed by atoms with van der Waals surface area (Å²) in [6, 6.07) is 2.72. The number of aromatic hydroxyl groups is 1. The van der Waals surface area contributed by atoms with Crippen molar-refractivity contribution in [1.82, 2.24) is 0 Å². The van der Waals surface area contributed by atoms with Gasteiger partial charge in [0.1, 0.15) is 17.2 Å². The SMILES string of the molecule is COc1c(NCCO)c2c(=O)cc(OC)c3c4c(OC)cc(=O)c5c(O)c(NCCO)c6c(c(c1CC(C)=C6)c23)c54. The molecule has 41 heavy (non-hydrogen) atoms. The van der Waals surface area contributed by atoms with Gasteiger partial charge >= 0.3 is 0 Å². The number of allylic oxidation sites excluding steroid dienone is 1. The van der Waals surface area contributed by atoms with E-state index >= 15 is 0 Å². The van der Waals surface area contributed by atoms with E-state index in [-0.39, 0.29) is 48.6 Å². The van der Waals surface area contributed by atoms with Crippen LogP contribution in [0.25, 0.3) is 49.2 Å². The molecule has 0 spiro atoms. The standard InChI is InChI=1S/C31H30N2O8/c1-13-9-14-20-21-15(10-13)31(41-4)29(33-6-8-35)22-16(36)11-18(39-2)24(26(21)22)25-19(40-3)12-17(37)23(27(20)25)30(38)28(14)32-5-7-34/h9,11-12,32-35,38H,5-8,10H2,1-4H3. The molecule has 0 heterocycles. The molecule has 6 rings (SSSR count). The maximum Gasteiger partial charge on any atom is 0.194 e. The molecule has 5 N–H and O–H groups in total. The van der Waals surface area contributed by atoms with Crippen LogP contribution in [0.5, 0.6) is 23.0 Å². The second-order valence-electron chi connectivity index (χ2n) is 10.1. The fourth-order valence-electron chi connectivity index (χ4n) is 6.47. The third-order valence-corrected chi connectivity index (χ3v) is 7.89. The Hall–Kier alpha value is -4.54. The number of aliphatic hydroxyl groups excluding tert-OH is 2. The number of phenolic OH excluding ortho intramolecular Hbond substituents is 1. The van der Waals surface area contributed by atoms with Gasteiger partial charge < -0.3 is 40.2 Å². The van der Waals surface area contributed by atoms with Gasteiger partial charge in [0.2, 0.25) is 0 Å². The molecule has 5 aromatic carbocycles. The summed E-state index contributed by atoms with van der Waals surface area (Å²) in [6.07, 6.45) is 2.38. The summed E-state index contributed by atoms with van der Waals surface area (Å²) < 4.78 is 17.5. The first kappa shape index (κ1) is 26.7. The van der Waals surface area contributed by atoms with Crippen molar-refractivity contribution < 1.29 is 29.5 Å². The Morgan fingerprint density at radius 2 is 1.29 bits per heavy atom. The molecule has 0 saturated carbocycles. The number of fused-ring (bicyclic) bond motifs is 1. The van der Waals surface area contributed by atoms with Crippen LogP contribution in [0.15, 0.2) is 27.3 Å². The summed E-state index contributed by atoms with van der Waals surface area (Å²) in [5.74, 6) is 0.788. The molecule has 0 radical (unpaired) electrons. The number of hydrogen-bond donors (Lipinski definition) is 5. The highest BCUT2D eigenvalue weighted by molar-refractivity contribution is 6.40. The van der Waals surface area contributed by atoms with E-state index in [1.807, 2.05) is 13.0 Å². The monoisotopic (exact) mass is 558 g/mol. The van der Waals surface area contributed by atoms with Crippen LogP contribution in [0.1, 0.15) is 18.1 Å². The van der Waals surface area contributed by atoms with Gasteiger partial charge in [-0.05, 0) is 18.7 Å². The zero-order valence-electron chi connectivity index (χ0n) is 23.2. The second-order valence-corrected chi connectivity index (χ2v) is 10.1. The largest absolute Gasteiger partial charge is 0.505 e. The van der Waals surface area contributed by atoms with Crippen molar-refractivity contribution in [1.29, 1.82) is 0 Å². The molecule has 0 unspecified atom stereocenters. The topological polar surface area (TPSA) is 147 Å². The summed E-state index contributed by atoms with van der Waals surface area (Å²) in [5.41, 5.74) is 2.35. The molecule has 212 valence electrons. The minimum Gasteiger partial charge on any atom is -0.505 e. The van der Waals surface area contributed by atoms with E-state index in [1.54, 1.807) is 0 Å². The van der Waals surface area contributed by atoms with Crippen molar-refractivity contribution in [2.24, 2.45) is 0 Å². The van der Waals surface area contributed by atoms with Crippen LogP contribution < -0.4 is 35.7 Å². The molecule has 5 aromatic rings. The van der Waals surface area contributed by atoms with Crippen LogP contribution >= 0.6 is 0 Å². The third kappa shape index (κ3) is 3.57. The number of phenols is 1. The van der Waals surface area contributed by atoms with Crippen LogP contribution in [0.2, 0.25) is 0 Å². The summed E-state index contributed by atoms with van der Waals surface area (Å²) in [5, 5.41) is 41.1. The smallest absolute Gasteiger partial charge is 0.194 e. The molecular formula is C31H30N2O8. The molecule has 0 aromatic heterocycles. The fourth-order valence-corrected chi connectivity index (χ4v) is 6.47. The number of aliphatic hydroxyl groups is 2. The Balaban J connectivity index is 2.08. The zero-order chi connectivity index (χ0) is 29.2. The minimum absolute atomic E-state index is 0.0902. The number of hydrogen-bond acceptors (Lipinski definition) is 10. The molecule has 0 amide bonds. The van der Waals surface area contributed by atoms with Crippen LogP contribution in [-0.2, 0) is 6.42 Å². The van der Waals surface area contributed by atoms with Gasteiger partial charge in [0, 0.05) is 63.3 Å². The van der Waals surface area contributed by atoms with Crippen LogP contribution in [0.3, 0.4) is 0 Å². The normalized spacial score (nSPS) is 12.9. The predicted octanol–water partition coefficient (Wildman–Crippen LogP) is 3.39. The van der Waals surface area contributed by atoms with Crippen molar-refractivity contribution in [3.8, 4) is 23.0 Å². The van der Waals surface area contributed by atoms with E-state index in [9.17, 15) is 24.9 Å². The summed E-state index contributed by atoms with van der Waals surface area (Å²) in [4.78, 5) is 27.4. The highest BCUT2D eigenvalue weighted by atomic mass is 16.5. The van der Waals surface area contributed by atoms with Gasteiger partial charge in [-0.2, -0.15) is 0 Å². The molecule has 0 atom stereocenters. The molecule has 10 nitrogen and oxygen atoms in total. The summed E-state index contributed by atoms with van der Waals surface area (Å²) in [6.45, 7) is 1.92. The van der Waals surface area contributed by atoms with E-state index in [0.717, 1.165) is 11.1 Å². The van der Waals surface area contributed by atoms with E-state index in [4.69, 9.17) is 14.2 Å². The van der Waals surface area contributed by atoms with Crippen LogP contribution in [-0.4, -0.2) is 63.0 Å². The summed E-state index contributed by atoms with van der Waals surface area (Å²) in [7, 11) is 4.47. The van der Waals surface area contributed by atoms with Crippen molar-refractivity contribution in [3.05, 3.63) is 49.3 Å². The van der Waals surface area contributed by atoms with Gasteiger partial charge in [0.05, 0.1) is 56.7 Å². The molecular weight excluding hydrogens is 528 g/mol. The Morgan fingerprint density at radius 1 is 0.732 bits per heavy atom. The Bertz CT molecular complexity index is 2020. The summed E-state index contributed by atoms with van der Waals surface area (Å²) >= 11 is 0. The Kier molecular flexibility index (Phi) is 6.39. The quantitative estimate of drug-likeness (QED) is 0.104. The third-order valence-electron chi connectivity index (χ3n) is 7.89. The first-order valence-electron chi connectivity index (χ1n) is 13.2. The van der Waals surface area contributed by atoms with Gasteiger partial charge in [0.15, 0.2) is 16.6 Å². The van der Waals surface area contributed by atoms with Crippen LogP contribution in [0.4, 0.5) is 11.4 Å². The molecule has 0 saturated heterocycles. The van der Waals surface area contributed by atoms with Gasteiger partial charge in [-0.25, -0.2) is 0 Å². The highest BCUT2D eigenvalue weighted by Crippen LogP contribution is 2.56. The van der Waals surface area contributed by atoms with Crippen molar-refractivity contribution >= 4 is 60.5 Å². The number of methoxy groups -OCH3 is 3. The second kappa shape index (κ2) is 9.83. The van der Waals surface area contributed by atoms with E-state index in [1.165, 1.54) is 33.5 Å². The fraction of sp³-hybridized carbons (Fsp3) is 0.290. The maximum absolute atomic E-state index is 13.8. The minimum atomic E-state index is -0.438. The zero-order valence-corrected chi connectivity index (χ0v) is 23.2. The average molecular weight is 559 g/mol. The number of rotatable bonds is 9. The lowest BCUT2D eigenvalue weighted by Crippen LogP contribution is -2.14. The highest BCUT2D eigenvalue weighted by Gasteiger charge is 2.32. The predicted molar refractivity (Wildman–Crippen MR) is 161 cm³/mol. The Labute approximate surface area is 234 Å². The van der Waals surface area contributed by atoms with Crippen molar-refractivity contribution in [3.63, 3.8) is 0 Å². The van der Waals surface area contributed by atoms with Gasteiger partial charge in [-0.15, -0.1) is 0 Å². The number of benzene rings is 5. The van der Waals surface area contributed by atoms with Crippen molar-refractivity contribution in [2.75, 3.05) is 58.3 Å². The molecule has 0 bridgehead atoms. The molecule has 0 aliphatic heterocycles. The van der Waals surface area contributed by atoms with Gasteiger partial charge in [-0.1, -0.05) is 11.6 Å². The number of anilines is 2. The average Bonchev–Trinajstić information content (AvgIpc) is 3.11. The maximum atomic E-state index is 13.8. The van der Waals surface area contributed by atoms with Gasteiger partial charge in [0.25, 0.3) is 0 Å². The number of nitrogens with one attached hydrogen (secondary N) is 2. The Morgan fingerprint density at radius 3 is 1.85 bits per heavy atom. The first-order valence-corrected chi connectivity index (χ1v) is 13.2. The lowest BCUT2D eigenvalue weighted by atomic mass is 9.83. The number of ether oxygens (including phenoxy) is 3. The molecule has 0 fully saturated rings. The lowest BCUT2D eigenvalue weighted by molar-refractivity contribution is 0.310. The van der Waals surface area contributed by atoms with E-state index in [2.05, 4.69) is 10.6 Å². The molecule has 10 heteroatoms. The molecule has 1 aliphatic rings. The van der Waals surface area contributed by atoms with Crippen molar-refractivity contribution in [2.45, 2.75) is 13.3 Å². The van der Waals surface area contributed by atoms with Crippen LogP contribution in [0, 0.1) is 0 Å². The lowest BCUT2D eigenvalue weighted by Gasteiger charge is -2.25.